The van der Waals surface area contributed by atoms with Crippen LogP contribution in [0, 0.1) is 0 Å². The molecule has 2 heterocycles. The Morgan fingerprint density at radius 1 is 1.46 bits per heavy atom. The molecule has 2 amide bonds. The number of morpholine rings is 1. The third kappa shape index (κ3) is 3.54. The predicted molar refractivity (Wildman–Crippen MR) is 92.1 cm³/mol. The van der Waals surface area contributed by atoms with Gasteiger partial charge in [0, 0.05) is 34.7 Å². The number of carboxylic acids is 1. The summed E-state index contributed by atoms with van der Waals surface area (Å²) in [5.41, 5.74) is 2.16. The summed E-state index contributed by atoms with van der Waals surface area (Å²) in [6.45, 7) is 1.18. The lowest BCUT2D eigenvalue weighted by molar-refractivity contribution is -0.154. The van der Waals surface area contributed by atoms with Gasteiger partial charge < -0.3 is 25.0 Å². The third-order valence-corrected chi connectivity index (χ3v) is 4.70. The summed E-state index contributed by atoms with van der Waals surface area (Å²) in [5, 5.41) is 12.9. The lowest BCUT2D eigenvalue weighted by Crippen LogP contribution is -2.52. The van der Waals surface area contributed by atoms with Crippen molar-refractivity contribution in [2.75, 3.05) is 26.2 Å². The highest BCUT2D eigenvalue weighted by Crippen LogP contribution is 2.27. The molecule has 3 rings (SSSR count). The second-order valence-corrected chi connectivity index (χ2v) is 6.46. The monoisotopic (exact) mass is 395 g/mol. The normalized spacial score (nSPS) is 17.9. The van der Waals surface area contributed by atoms with E-state index in [9.17, 15) is 9.59 Å². The standard InChI is InChI=1S/C16H18BrN3O4/c17-11-2-1-3-12-14(11)10(8-19-12)4-5-18-16(23)20-6-7-24-13(9-20)15(21)22/h1-3,8,13,19H,4-7,9H2,(H,18,23)(H,21,22). The molecule has 0 radical (unpaired) electrons. The van der Waals surface area contributed by atoms with Gasteiger partial charge in [0.2, 0.25) is 0 Å². The van der Waals surface area contributed by atoms with Gasteiger partial charge in [-0.05, 0) is 24.1 Å². The number of nitrogens with one attached hydrogen (secondary N) is 2. The molecular weight excluding hydrogens is 378 g/mol. The predicted octanol–water partition coefficient (Wildman–Crippen LogP) is 1.97. The van der Waals surface area contributed by atoms with Gasteiger partial charge in [0.05, 0.1) is 13.2 Å². The number of aromatic amines is 1. The Morgan fingerprint density at radius 2 is 2.29 bits per heavy atom. The van der Waals surface area contributed by atoms with Crippen LogP contribution in [0.15, 0.2) is 28.9 Å². The first kappa shape index (κ1) is 16.8. The Morgan fingerprint density at radius 3 is 3.08 bits per heavy atom. The maximum Gasteiger partial charge on any atom is 0.334 e. The number of nitrogens with zero attached hydrogens (tertiary/aromatic N) is 1. The molecule has 1 unspecified atom stereocenters. The number of amides is 2. The van der Waals surface area contributed by atoms with Crippen LogP contribution in [0.3, 0.4) is 0 Å². The van der Waals surface area contributed by atoms with E-state index in [1.807, 2.05) is 24.4 Å². The maximum atomic E-state index is 12.2. The summed E-state index contributed by atoms with van der Waals surface area (Å²) in [7, 11) is 0. The molecule has 0 spiro atoms. The van der Waals surface area contributed by atoms with Crippen molar-refractivity contribution in [3.8, 4) is 0 Å². The second-order valence-electron chi connectivity index (χ2n) is 5.60. The van der Waals surface area contributed by atoms with Gasteiger partial charge in [0.1, 0.15) is 0 Å². The molecule has 8 heteroatoms. The average Bonchev–Trinajstić information content (AvgIpc) is 2.99. The first-order valence-corrected chi connectivity index (χ1v) is 8.47. The van der Waals surface area contributed by atoms with Crippen LogP contribution in [0.2, 0.25) is 0 Å². The first-order valence-electron chi connectivity index (χ1n) is 7.68. The summed E-state index contributed by atoms with van der Waals surface area (Å²) < 4.78 is 6.13. The van der Waals surface area contributed by atoms with E-state index in [0.29, 0.717) is 19.5 Å². The van der Waals surface area contributed by atoms with Gasteiger partial charge in [-0.25, -0.2) is 9.59 Å². The van der Waals surface area contributed by atoms with Crippen molar-refractivity contribution in [3.63, 3.8) is 0 Å². The van der Waals surface area contributed by atoms with Crippen molar-refractivity contribution in [1.29, 1.82) is 0 Å². The minimum atomic E-state index is -1.05. The highest BCUT2D eigenvalue weighted by atomic mass is 79.9. The number of urea groups is 1. The number of hydrogen-bond donors (Lipinski definition) is 3. The van der Waals surface area contributed by atoms with Crippen LogP contribution in [0.1, 0.15) is 5.56 Å². The number of benzene rings is 1. The molecule has 3 N–H and O–H groups in total. The summed E-state index contributed by atoms with van der Waals surface area (Å²) in [5.74, 6) is -1.05. The van der Waals surface area contributed by atoms with Crippen LogP contribution in [0.5, 0.6) is 0 Å². The zero-order valence-corrected chi connectivity index (χ0v) is 14.5. The molecular formula is C16H18BrN3O4. The van der Waals surface area contributed by atoms with E-state index in [1.165, 1.54) is 4.90 Å². The van der Waals surface area contributed by atoms with Crippen molar-refractivity contribution in [1.82, 2.24) is 15.2 Å². The quantitative estimate of drug-likeness (QED) is 0.737. The molecule has 0 bridgehead atoms. The van der Waals surface area contributed by atoms with Crippen molar-refractivity contribution < 1.29 is 19.4 Å². The lowest BCUT2D eigenvalue weighted by Gasteiger charge is -2.30. The SMILES string of the molecule is O=C(O)C1CN(C(=O)NCCc2c[nH]c3cccc(Br)c23)CCO1. The molecule has 1 aromatic heterocycles. The number of ether oxygens (including phenoxy) is 1. The Bertz CT molecular complexity index is 761. The Labute approximate surface area is 147 Å². The number of fused-ring (bicyclic) bond motifs is 1. The van der Waals surface area contributed by atoms with E-state index >= 15 is 0 Å². The van der Waals surface area contributed by atoms with Crippen molar-refractivity contribution in [2.45, 2.75) is 12.5 Å². The molecule has 1 saturated heterocycles. The molecule has 1 fully saturated rings. The van der Waals surface area contributed by atoms with E-state index in [4.69, 9.17) is 9.84 Å². The van der Waals surface area contributed by atoms with E-state index in [2.05, 4.69) is 26.2 Å². The van der Waals surface area contributed by atoms with Gasteiger partial charge in [0.25, 0.3) is 0 Å². The third-order valence-electron chi connectivity index (χ3n) is 4.04. The molecule has 1 aliphatic heterocycles. The zero-order chi connectivity index (χ0) is 17.1. The number of H-pyrrole nitrogens is 1. The van der Waals surface area contributed by atoms with Crippen molar-refractivity contribution >= 4 is 38.8 Å². The average molecular weight is 396 g/mol. The van der Waals surface area contributed by atoms with E-state index in [0.717, 1.165) is 20.9 Å². The summed E-state index contributed by atoms with van der Waals surface area (Å²) in [6.07, 6.45) is 1.67. The van der Waals surface area contributed by atoms with Crippen LogP contribution in [-0.2, 0) is 16.0 Å². The minimum absolute atomic E-state index is 0.0692. The number of halogens is 1. The van der Waals surface area contributed by atoms with Crippen LogP contribution < -0.4 is 5.32 Å². The highest BCUT2D eigenvalue weighted by molar-refractivity contribution is 9.10. The van der Waals surface area contributed by atoms with Gasteiger partial charge in [-0.15, -0.1) is 0 Å². The van der Waals surface area contributed by atoms with Gasteiger partial charge in [-0.3, -0.25) is 0 Å². The summed E-state index contributed by atoms with van der Waals surface area (Å²) >= 11 is 3.55. The van der Waals surface area contributed by atoms with Crippen LogP contribution in [-0.4, -0.2) is 59.3 Å². The summed E-state index contributed by atoms with van der Waals surface area (Å²) in [6, 6.07) is 5.69. The van der Waals surface area contributed by atoms with Gasteiger partial charge in [-0.1, -0.05) is 22.0 Å². The molecule has 1 atom stereocenters. The largest absolute Gasteiger partial charge is 0.479 e. The number of aromatic nitrogens is 1. The van der Waals surface area contributed by atoms with Crippen molar-refractivity contribution in [3.05, 3.63) is 34.4 Å². The lowest BCUT2D eigenvalue weighted by atomic mass is 10.1. The molecule has 0 saturated carbocycles. The molecule has 24 heavy (non-hydrogen) atoms. The smallest absolute Gasteiger partial charge is 0.334 e. The summed E-state index contributed by atoms with van der Waals surface area (Å²) in [4.78, 5) is 27.8. The van der Waals surface area contributed by atoms with Gasteiger partial charge >= 0.3 is 12.0 Å². The Balaban J connectivity index is 1.56. The van der Waals surface area contributed by atoms with Crippen molar-refractivity contribution in [2.24, 2.45) is 0 Å². The maximum absolute atomic E-state index is 12.2. The van der Waals surface area contributed by atoms with Crippen LogP contribution in [0.25, 0.3) is 10.9 Å². The van der Waals surface area contributed by atoms with Crippen LogP contribution >= 0.6 is 15.9 Å². The molecule has 1 aromatic carbocycles. The fourth-order valence-electron chi connectivity index (χ4n) is 2.80. The topological polar surface area (TPSA) is 94.7 Å². The molecule has 1 aliphatic rings. The zero-order valence-electron chi connectivity index (χ0n) is 12.9. The number of hydrogen-bond acceptors (Lipinski definition) is 3. The van der Waals surface area contributed by atoms with Gasteiger partial charge in [0.15, 0.2) is 6.10 Å². The highest BCUT2D eigenvalue weighted by Gasteiger charge is 2.28. The fourth-order valence-corrected chi connectivity index (χ4v) is 3.42. The van der Waals surface area contributed by atoms with E-state index < -0.39 is 12.1 Å². The fraction of sp³-hybridized carbons (Fsp3) is 0.375. The number of aliphatic carboxylic acids is 1. The molecule has 0 aliphatic carbocycles. The number of carbonyl (C=O) groups excluding carboxylic acids is 1. The van der Waals surface area contributed by atoms with Gasteiger partial charge in [-0.2, -0.15) is 0 Å². The van der Waals surface area contributed by atoms with Crippen LogP contribution in [0.4, 0.5) is 4.79 Å². The molecule has 128 valence electrons. The number of carboxylic acid groups (broad SMARTS) is 1. The number of rotatable bonds is 4. The molecule has 7 nitrogen and oxygen atoms in total. The first-order chi connectivity index (χ1) is 11.6. The Hall–Kier alpha value is -2.06. The Kier molecular flexibility index (Phi) is 5.06. The van der Waals surface area contributed by atoms with E-state index in [1.54, 1.807) is 0 Å². The number of carbonyl (C=O) groups is 2. The van der Waals surface area contributed by atoms with E-state index in [-0.39, 0.29) is 19.2 Å². The molecule has 2 aromatic rings. The minimum Gasteiger partial charge on any atom is -0.479 e. The second kappa shape index (κ2) is 7.23.